The average Bonchev–Trinajstić information content (AvgIpc) is 2.25. The number of rotatable bonds is 7. The minimum absolute atomic E-state index is 0.156. The van der Waals surface area contributed by atoms with Gasteiger partial charge in [-0.1, -0.05) is 0 Å². The van der Waals surface area contributed by atoms with Crippen LogP contribution in [0, 0.1) is 0 Å². The Balaban J connectivity index is 2.46. The van der Waals surface area contributed by atoms with E-state index in [0.29, 0.717) is 0 Å². The van der Waals surface area contributed by atoms with Gasteiger partial charge in [0, 0.05) is 18.8 Å². The molecule has 1 aromatic rings. The van der Waals surface area contributed by atoms with Crippen molar-refractivity contribution in [1.29, 1.82) is 0 Å². The lowest BCUT2D eigenvalue weighted by atomic mass is 10.2. The van der Waals surface area contributed by atoms with Crippen LogP contribution in [-0.2, 0) is 0 Å². The third-order valence-corrected chi connectivity index (χ3v) is 2.26. The van der Waals surface area contributed by atoms with Gasteiger partial charge in [-0.25, -0.2) is 4.98 Å². The maximum Gasteiger partial charge on any atom is 0.168 e. The topological polar surface area (TPSA) is 60.2 Å². The number of anilines is 1. The highest BCUT2D eigenvalue weighted by Gasteiger charge is 2.05. The van der Waals surface area contributed by atoms with Crippen molar-refractivity contribution in [3.05, 3.63) is 18.3 Å². The summed E-state index contributed by atoms with van der Waals surface area (Å²) in [7, 11) is 0. The summed E-state index contributed by atoms with van der Waals surface area (Å²) in [6.45, 7) is 6.90. The van der Waals surface area contributed by atoms with Crippen molar-refractivity contribution in [2.24, 2.45) is 5.73 Å². The molecule has 0 fully saturated rings. The molecule has 1 rings (SSSR count). The standard InChI is InChI=1S/C13H23N3O/c1-10(2)17-12-7-5-9-16-13(12)15-8-4-6-11(3)14/h5,7,9-11H,4,6,8,14H2,1-3H3,(H,15,16). The molecule has 0 aromatic carbocycles. The number of aromatic nitrogens is 1. The highest BCUT2D eigenvalue weighted by Crippen LogP contribution is 2.21. The molecule has 1 atom stereocenters. The number of pyridine rings is 1. The Morgan fingerprint density at radius 1 is 1.41 bits per heavy atom. The highest BCUT2D eigenvalue weighted by molar-refractivity contribution is 5.49. The lowest BCUT2D eigenvalue weighted by molar-refractivity contribution is 0.243. The van der Waals surface area contributed by atoms with Crippen LogP contribution < -0.4 is 15.8 Å². The first-order chi connectivity index (χ1) is 8.09. The lowest BCUT2D eigenvalue weighted by Crippen LogP contribution is -2.16. The van der Waals surface area contributed by atoms with Gasteiger partial charge in [-0.05, 0) is 45.7 Å². The van der Waals surface area contributed by atoms with Gasteiger partial charge in [0.05, 0.1) is 6.10 Å². The van der Waals surface area contributed by atoms with Crippen molar-refractivity contribution in [2.75, 3.05) is 11.9 Å². The van der Waals surface area contributed by atoms with E-state index in [-0.39, 0.29) is 12.1 Å². The fraction of sp³-hybridized carbons (Fsp3) is 0.615. The molecule has 0 saturated carbocycles. The second-order valence-electron chi connectivity index (χ2n) is 4.56. The number of hydrogen-bond acceptors (Lipinski definition) is 4. The minimum atomic E-state index is 0.156. The number of nitrogens with two attached hydrogens (primary N) is 1. The van der Waals surface area contributed by atoms with Crippen LogP contribution in [0.25, 0.3) is 0 Å². The molecular weight excluding hydrogens is 214 g/mol. The van der Waals surface area contributed by atoms with Crippen LogP contribution in [-0.4, -0.2) is 23.7 Å². The molecule has 0 aliphatic heterocycles. The number of hydrogen-bond donors (Lipinski definition) is 2. The van der Waals surface area contributed by atoms with Gasteiger partial charge in [0.1, 0.15) is 0 Å². The summed E-state index contributed by atoms with van der Waals surface area (Å²) in [4.78, 5) is 4.28. The number of ether oxygens (including phenoxy) is 1. The molecule has 4 heteroatoms. The Labute approximate surface area is 104 Å². The van der Waals surface area contributed by atoms with Gasteiger partial charge < -0.3 is 15.8 Å². The molecule has 17 heavy (non-hydrogen) atoms. The highest BCUT2D eigenvalue weighted by atomic mass is 16.5. The first-order valence-electron chi connectivity index (χ1n) is 6.20. The van der Waals surface area contributed by atoms with Gasteiger partial charge in [0.25, 0.3) is 0 Å². The summed E-state index contributed by atoms with van der Waals surface area (Å²) < 4.78 is 5.67. The van der Waals surface area contributed by atoms with Crippen LogP contribution in [0.3, 0.4) is 0 Å². The third-order valence-electron chi connectivity index (χ3n) is 2.26. The Morgan fingerprint density at radius 3 is 2.82 bits per heavy atom. The minimum Gasteiger partial charge on any atom is -0.487 e. The van der Waals surface area contributed by atoms with Gasteiger partial charge in [-0.15, -0.1) is 0 Å². The predicted molar refractivity (Wildman–Crippen MR) is 71.4 cm³/mol. The van der Waals surface area contributed by atoms with E-state index < -0.39 is 0 Å². The zero-order chi connectivity index (χ0) is 12.7. The molecule has 0 radical (unpaired) electrons. The van der Waals surface area contributed by atoms with Crippen molar-refractivity contribution in [1.82, 2.24) is 4.98 Å². The second kappa shape index (κ2) is 7.12. The molecule has 0 saturated heterocycles. The molecule has 1 aromatic heterocycles. The van der Waals surface area contributed by atoms with Gasteiger partial charge in [-0.2, -0.15) is 0 Å². The summed E-state index contributed by atoms with van der Waals surface area (Å²) in [5, 5.41) is 3.28. The Hall–Kier alpha value is -1.29. The zero-order valence-electron chi connectivity index (χ0n) is 10.9. The molecule has 1 heterocycles. The molecule has 0 aliphatic rings. The fourth-order valence-electron chi connectivity index (χ4n) is 1.50. The normalized spacial score (nSPS) is 12.5. The quantitative estimate of drug-likeness (QED) is 0.715. The second-order valence-corrected chi connectivity index (χ2v) is 4.56. The van der Waals surface area contributed by atoms with E-state index in [1.54, 1.807) is 6.20 Å². The summed E-state index contributed by atoms with van der Waals surface area (Å²) in [5.74, 6) is 1.62. The average molecular weight is 237 g/mol. The smallest absolute Gasteiger partial charge is 0.168 e. The molecule has 0 bridgehead atoms. The Kier molecular flexibility index (Phi) is 5.77. The zero-order valence-corrected chi connectivity index (χ0v) is 10.9. The summed E-state index contributed by atoms with van der Waals surface area (Å²) in [6, 6.07) is 4.07. The number of nitrogens with one attached hydrogen (secondary N) is 1. The van der Waals surface area contributed by atoms with E-state index in [1.165, 1.54) is 0 Å². The van der Waals surface area contributed by atoms with E-state index in [1.807, 2.05) is 32.9 Å². The van der Waals surface area contributed by atoms with Crippen LogP contribution in [0.2, 0.25) is 0 Å². The van der Waals surface area contributed by atoms with E-state index in [4.69, 9.17) is 10.5 Å². The number of nitrogens with zero attached hydrogens (tertiary/aromatic N) is 1. The van der Waals surface area contributed by atoms with Crippen LogP contribution in [0.5, 0.6) is 5.75 Å². The molecule has 0 amide bonds. The van der Waals surface area contributed by atoms with E-state index in [9.17, 15) is 0 Å². The SMILES string of the molecule is CC(N)CCCNc1ncccc1OC(C)C. The van der Waals surface area contributed by atoms with Gasteiger partial charge in [0.2, 0.25) is 0 Å². The van der Waals surface area contributed by atoms with Crippen LogP contribution in [0.4, 0.5) is 5.82 Å². The lowest BCUT2D eigenvalue weighted by Gasteiger charge is -2.14. The van der Waals surface area contributed by atoms with Gasteiger partial charge in [-0.3, -0.25) is 0 Å². The monoisotopic (exact) mass is 237 g/mol. The first-order valence-corrected chi connectivity index (χ1v) is 6.20. The molecule has 1 unspecified atom stereocenters. The molecule has 4 nitrogen and oxygen atoms in total. The third kappa shape index (κ3) is 5.54. The van der Waals surface area contributed by atoms with Gasteiger partial charge in [0.15, 0.2) is 11.6 Å². The first kappa shape index (κ1) is 13.8. The fourth-order valence-corrected chi connectivity index (χ4v) is 1.50. The van der Waals surface area contributed by atoms with E-state index in [2.05, 4.69) is 10.3 Å². The largest absolute Gasteiger partial charge is 0.487 e. The predicted octanol–water partition coefficient (Wildman–Crippen LogP) is 2.41. The van der Waals surface area contributed by atoms with Crippen LogP contribution in [0.1, 0.15) is 33.6 Å². The van der Waals surface area contributed by atoms with Crippen LogP contribution in [0.15, 0.2) is 18.3 Å². The Bertz CT molecular complexity index is 326. The van der Waals surface area contributed by atoms with E-state index >= 15 is 0 Å². The van der Waals surface area contributed by atoms with Crippen molar-refractivity contribution in [3.8, 4) is 5.75 Å². The maximum atomic E-state index is 5.70. The van der Waals surface area contributed by atoms with Crippen molar-refractivity contribution in [3.63, 3.8) is 0 Å². The Morgan fingerprint density at radius 2 is 2.18 bits per heavy atom. The van der Waals surface area contributed by atoms with Gasteiger partial charge >= 0.3 is 0 Å². The van der Waals surface area contributed by atoms with Crippen molar-refractivity contribution >= 4 is 5.82 Å². The molecule has 0 aliphatic carbocycles. The van der Waals surface area contributed by atoms with Crippen LogP contribution >= 0.6 is 0 Å². The van der Waals surface area contributed by atoms with Crippen molar-refractivity contribution in [2.45, 2.75) is 45.8 Å². The molecule has 3 N–H and O–H groups in total. The summed E-state index contributed by atoms with van der Waals surface area (Å²) >= 11 is 0. The maximum absolute atomic E-state index is 5.70. The summed E-state index contributed by atoms with van der Waals surface area (Å²) in [5.41, 5.74) is 5.70. The van der Waals surface area contributed by atoms with Crippen molar-refractivity contribution < 1.29 is 4.74 Å². The molecule has 0 spiro atoms. The summed E-state index contributed by atoms with van der Waals surface area (Å²) in [6.07, 6.45) is 3.97. The molecular formula is C13H23N3O. The van der Waals surface area contributed by atoms with E-state index in [0.717, 1.165) is 31.0 Å². The molecule has 96 valence electrons.